The van der Waals surface area contributed by atoms with Crippen LogP contribution in [0, 0.1) is 0 Å². The number of piperidine rings is 1. The molecule has 1 aliphatic heterocycles. The lowest BCUT2D eigenvalue weighted by Gasteiger charge is -2.29. The van der Waals surface area contributed by atoms with Gasteiger partial charge in [-0.3, -0.25) is 0 Å². The molecule has 25 heavy (non-hydrogen) atoms. The van der Waals surface area contributed by atoms with Gasteiger partial charge in [-0.25, -0.2) is 4.68 Å². The molecule has 1 aliphatic rings. The maximum Gasteiger partial charge on any atom is 0.113 e. The highest BCUT2D eigenvalue weighted by atomic mass is 32.1. The van der Waals surface area contributed by atoms with Gasteiger partial charge in [0, 0.05) is 24.8 Å². The molecule has 0 unspecified atom stereocenters. The van der Waals surface area contributed by atoms with Crippen LogP contribution in [0.4, 0.5) is 0 Å². The Morgan fingerprint density at radius 2 is 1.48 bits per heavy atom. The van der Waals surface area contributed by atoms with Crippen LogP contribution >= 0.6 is 12.2 Å². The summed E-state index contributed by atoms with van der Waals surface area (Å²) in [5.74, 6) is 0. The SMILES string of the molecule is S=C(c1cn(-c2ccccc2)nc1-c1ccccc1)N1CCCCC1. The summed E-state index contributed by atoms with van der Waals surface area (Å²) in [5.41, 5.74) is 4.16. The van der Waals surface area contributed by atoms with Crippen LogP contribution in [0.5, 0.6) is 0 Å². The number of hydrogen-bond acceptors (Lipinski definition) is 2. The highest BCUT2D eigenvalue weighted by Crippen LogP contribution is 2.26. The van der Waals surface area contributed by atoms with Crippen molar-refractivity contribution < 1.29 is 0 Å². The van der Waals surface area contributed by atoms with Gasteiger partial charge in [-0.2, -0.15) is 5.10 Å². The number of para-hydroxylation sites is 1. The quantitative estimate of drug-likeness (QED) is 0.641. The monoisotopic (exact) mass is 347 g/mol. The zero-order chi connectivity index (χ0) is 17.1. The van der Waals surface area contributed by atoms with Gasteiger partial charge in [0.25, 0.3) is 0 Å². The first-order valence-corrected chi connectivity index (χ1v) is 9.23. The summed E-state index contributed by atoms with van der Waals surface area (Å²) in [6.45, 7) is 2.09. The molecule has 0 amide bonds. The number of thiocarbonyl (C=S) groups is 1. The van der Waals surface area contributed by atoms with Gasteiger partial charge in [0.2, 0.25) is 0 Å². The van der Waals surface area contributed by atoms with E-state index in [4.69, 9.17) is 17.3 Å². The van der Waals surface area contributed by atoms with Crippen LogP contribution in [0.2, 0.25) is 0 Å². The molecule has 0 saturated carbocycles. The van der Waals surface area contributed by atoms with Crippen molar-refractivity contribution in [1.29, 1.82) is 0 Å². The third-order valence-corrected chi connectivity index (χ3v) is 5.13. The number of benzene rings is 2. The van der Waals surface area contributed by atoms with E-state index in [1.807, 2.05) is 41.1 Å². The largest absolute Gasteiger partial charge is 0.362 e. The third-order valence-electron chi connectivity index (χ3n) is 4.66. The predicted molar refractivity (Wildman–Crippen MR) is 106 cm³/mol. The second-order valence-electron chi connectivity index (χ2n) is 6.39. The van der Waals surface area contributed by atoms with E-state index in [1.54, 1.807) is 0 Å². The van der Waals surface area contributed by atoms with Crippen molar-refractivity contribution in [2.24, 2.45) is 0 Å². The summed E-state index contributed by atoms with van der Waals surface area (Å²) in [6.07, 6.45) is 5.81. The molecule has 126 valence electrons. The number of aromatic nitrogens is 2. The lowest BCUT2D eigenvalue weighted by molar-refractivity contribution is 0.348. The molecule has 0 N–H and O–H groups in total. The average Bonchev–Trinajstić information content (AvgIpc) is 3.15. The van der Waals surface area contributed by atoms with Crippen molar-refractivity contribution in [2.45, 2.75) is 19.3 Å². The van der Waals surface area contributed by atoms with Crippen molar-refractivity contribution in [3.63, 3.8) is 0 Å². The first-order valence-electron chi connectivity index (χ1n) is 8.83. The molecule has 0 atom stereocenters. The van der Waals surface area contributed by atoms with E-state index in [2.05, 4.69) is 35.4 Å². The maximum absolute atomic E-state index is 5.86. The maximum atomic E-state index is 5.86. The summed E-state index contributed by atoms with van der Waals surface area (Å²) in [7, 11) is 0. The average molecular weight is 347 g/mol. The topological polar surface area (TPSA) is 21.1 Å². The Labute approximate surface area is 153 Å². The molecule has 2 heterocycles. The standard InChI is InChI=1S/C21H21N3S/c25-21(23-14-8-3-9-15-23)19-16-24(18-12-6-2-7-13-18)22-20(19)17-10-4-1-5-11-17/h1-2,4-7,10-13,16H,3,8-9,14-15H2. The molecular weight excluding hydrogens is 326 g/mol. The Morgan fingerprint density at radius 3 is 2.16 bits per heavy atom. The van der Waals surface area contributed by atoms with Crippen molar-refractivity contribution in [3.05, 3.63) is 72.4 Å². The first-order chi connectivity index (χ1) is 12.3. The Balaban J connectivity index is 1.78. The first kappa shape index (κ1) is 16.0. The summed E-state index contributed by atoms with van der Waals surface area (Å²) < 4.78 is 1.94. The van der Waals surface area contributed by atoms with Gasteiger partial charge in [0.15, 0.2) is 0 Å². The number of nitrogens with zero attached hydrogens (tertiary/aromatic N) is 3. The van der Waals surface area contributed by atoms with Crippen LogP contribution in [0.3, 0.4) is 0 Å². The van der Waals surface area contributed by atoms with Crippen molar-refractivity contribution >= 4 is 17.2 Å². The second kappa shape index (κ2) is 7.19. The Bertz CT molecular complexity index is 849. The molecule has 0 radical (unpaired) electrons. The number of rotatable bonds is 3. The van der Waals surface area contributed by atoms with Crippen molar-refractivity contribution in [2.75, 3.05) is 13.1 Å². The third kappa shape index (κ3) is 3.35. The fourth-order valence-electron chi connectivity index (χ4n) is 3.32. The fraction of sp³-hybridized carbons (Fsp3) is 0.238. The van der Waals surface area contributed by atoms with Gasteiger partial charge >= 0.3 is 0 Å². The molecule has 0 aliphatic carbocycles. The molecule has 3 aromatic rings. The van der Waals surface area contributed by atoms with E-state index in [1.165, 1.54) is 19.3 Å². The van der Waals surface area contributed by atoms with E-state index in [0.29, 0.717) is 0 Å². The van der Waals surface area contributed by atoms with Gasteiger partial charge in [0.05, 0.1) is 11.3 Å². The minimum atomic E-state index is 0.917. The number of hydrogen-bond donors (Lipinski definition) is 0. The zero-order valence-electron chi connectivity index (χ0n) is 14.1. The molecule has 1 saturated heterocycles. The fourth-order valence-corrected chi connectivity index (χ4v) is 3.65. The van der Waals surface area contributed by atoms with Crippen LogP contribution in [0.25, 0.3) is 16.9 Å². The van der Waals surface area contributed by atoms with Crippen molar-refractivity contribution in [1.82, 2.24) is 14.7 Å². The van der Waals surface area contributed by atoms with Crippen LogP contribution in [-0.2, 0) is 0 Å². The minimum Gasteiger partial charge on any atom is -0.362 e. The van der Waals surface area contributed by atoms with Crippen LogP contribution in [0.1, 0.15) is 24.8 Å². The normalized spacial score (nSPS) is 14.5. The lowest BCUT2D eigenvalue weighted by Crippen LogP contribution is -2.35. The Morgan fingerprint density at radius 1 is 0.840 bits per heavy atom. The molecule has 1 aromatic heterocycles. The molecule has 0 spiro atoms. The number of likely N-dealkylation sites (tertiary alicyclic amines) is 1. The Hall–Kier alpha value is -2.46. The van der Waals surface area contributed by atoms with Gasteiger partial charge in [-0.1, -0.05) is 60.7 Å². The second-order valence-corrected chi connectivity index (χ2v) is 6.78. The Kier molecular flexibility index (Phi) is 4.61. The van der Waals surface area contributed by atoms with E-state index in [9.17, 15) is 0 Å². The highest BCUT2D eigenvalue weighted by molar-refractivity contribution is 7.80. The molecule has 2 aromatic carbocycles. The molecule has 4 heteroatoms. The van der Waals surface area contributed by atoms with Gasteiger partial charge in [-0.15, -0.1) is 0 Å². The summed E-state index contributed by atoms with van der Waals surface area (Å²) in [4.78, 5) is 3.25. The van der Waals surface area contributed by atoms with Gasteiger partial charge in [-0.05, 0) is 31.4 Å². The summed E-state index contributed by atoms with van der Waals surface area (Å²) >= 11 is 5.86. The van der Waals surface area contributed by atoms with Crippen LogP contribution in [0.15, 0.2) is 66.9 Å². The molecular formula is C21H21N3S. The van der Waals surface area contributed by atoms with Gasteiger partial charge in [0.1, 0.15) is 10.7 Å². The minimum absolute atomic E-state index is 0.917. The zero-order valence-corrected chi connectivity index (χ0v) is 15.0. The lowest BCUT2D eigenvalue weighted by atomic mass is 10.1. The molecule has 3 nitrogen and oxygen atoms in total. The predicted octanol–water partition coefficient (Wildman–Crippen LogP) is 4.70. The summed E-state index contributed by atoms with van der Waals surface area (Å²) in [5, 5.41) is 4.87. The van der Waals surface area contributed by atoms with Gasteiger partial charge < -0.3 is 4.90 Å². The van der Waals surface area contributed by atoms with Crippen LogP contribution < -0.4 is 0 Å². The summed E-state index contributed by atoms with van der Waals surface area (Å²) in [6, 6.07) is 20.5. The van der Waals surface area contributed by atoms with E-state index in [-0.39, 0.29) is 0 Å². The van der Waals surface area contributed by atoms with E-state index in [0.717, 1.165) is 40.6 Å². The van der Waals surface area contributed by atoms with Crippen LogP contribution in [-0.4, -0.2) is 32.8 Å². The molecule has 1 fully saturated rings. The molecule has 0 bridgehead atoms. The van der Waals surface area contributed by atoms with E-state index < -0.39 is 0 Å². The smallest absolute Gasteiger partial charge is 0.113 e. The highest BCUT2D eigenvalue weighted by Gasteiger charge is 2.21. The molecule has 4 rings (SSSR count). The van der Waals surface area contributed by atoms with E-state index >= 15 is 0 Å². The van der Waals surface area contributed by atoms with Crippen molar-refractivity contribution in [3.8, 4) is 16.9 Å².